The van der Waals surface area contributed by atoms with Crippen molar-refractivity contribution in [2.45, 2.75) is 57.2 Å². The van der Waals surface area contributed by atoms with Crippen LogP contribution in [0.4, 0.5) is 0 Å². The molecule has 1 aromatic rings. The molecular weight excluding hydrogens is 256 g/mol. The SMILES string of the molecule is CCC1(C(Cl)c2ccc3c(c2)CCCO3)CCCC1. The Kier molecular flexibility index (Phi) is 3.75. The summed E-state index contributed by atoms with van der Waals surface area (Å²) in [4.78, 5) is 0. The van der Waals surface area contributed by atoms with E-state index in [-0.39, 0.29) is 5.38 Å². The van der Waals surface area contributed by atoms with Gasteiger partial charge in [-0.2, -0.15) is 0 Å². The maximum absolute atomic E-state index is 6.87. The number of benzene rings is 1. The molecule has 0 saturated heterocycles. The summed E-state index contributed by atoms with van der Waals surface area (Å²) in [5.74, 6) is 1.07. The van der Waals surface area contributed by atoms with Gasteiger partial charge in [-0.15, -0.1) is 11.6 Å². The van der Waals surface area contributed by atoms with Crippen molar-refractivity contribution in [3.63, 3.8) is 0 Å². The second-order valence-corrected chi connectivity index (χ2v) is 6.54. The molecule has 1 fully saturated rings. The number of halogens is 1. The van der Waals surface area contributed by atoms with E-state index in [1.54, 1.807) is 0 Å². The Balaban J connectivity index is 1.88. The topological polar surface area (TPSA) is 9.23 Å². The molecule has 2 aliphatic rings. The molecule has 0 bridgehead atoms. The smallest absolute Gasteiger partial charge is 0.122 e. The fraction of sp³-hybridized carbons (Fsp3) is 0.647. The predicted octanol–water partition coefficient (Wildman–Crippen LogP) is 5.26. The van der Waals surface area contributed by atoms with Gasteiger partial charge in [-0.3, -0.25) is 0 Å². The van der Waals surface area contributed by atoms with Crippen LogP contribution in [0, 0.1) is 5.41 Å². The fourth-order valence-electron chi connectivity index (χ4n) is 3.76. The van der Waals surface area contributed by atoms with Crippen LogP contribution in [0.25, 0.3) is 0 Å². The molecule has 1 atom stereocenters. The van der Waals surface area contributed by atoms with Crippen LogP contribution in [0.3, 0.4) is 0 Å². The van der Waals surface area contributed by atoms with Crippen LogP contribution in [0.2, 0.25) is 0 Å². The minimum Gasteiger partial charge on any atom is -0.493 e. The van der Waals surface area contributed by atoms with Crippen molar-refractivity contribution in [1.82, 2.24) is 0 Å². The Morgan fingerprint density at radius 1 is 1.26 bits per heavy atom. The number of aryl methyl sites for hydroxylation is 1. The summed E-state index contributed by atoms with van der Waals surface area (Å²) in [5.41, 5.74) is 2.97. The van der Waals surface area contributed by atoms with Gasteiger partial charge in [0.15, 0.2) is 0 Å². The van der Waals surface area contributed by atoms with Crippen LogP contribution < -0.4 is 4.74 Å². The van der Waals surface area contributed by atoms with E-state index in [1.165, 1.54) is 43.2 Å². The van der Waals surface area contributed by atoms with Gasteiger partial charge in [-0.25, -0.2) is 0 Å². The number of ether oxygens (including phenoxy) is 1. The molecule has 1 aliphatic carbocycles. The van der Waals surface area contributed by atoms with Crippen molar-refractivity contribution in [3.8, 4) is 5.75 Å². The van der Waals surface area contributed by atoms with E-state index in [0.29, 0.717) is 5.41 Å². The lowest BCUT2D eigenvalue weighted by Crippen LogP contribution is -2.22. The first kappa shape index (κ1) is 13.3. The van der Waals surface area contributed by atoms with E-state index in [0.717, 1.165) is 25.2 Å². The molecule has 1 aliphatic heterocycles. The summed E-state index contributed by atoms with van der Waals surface area (Å²) in [6.45, 7) is 3.15. The Labute approximate surface area is 121 Å². The minimum absolute atomic E-state index is 0.159. The second-order valence-electron chi connectivity index (χ2n) is 6.10. The molecule has 1 heterocycles. The van der Waals surface area contributed by atoms with Gasteiger partial charge < -0.3 is 4.74 Å². The minimum atomic E-state index is 0.159. The molecule has 1 unspecified atom stereocenters. The van der Waals surface area contributed by atoms with E-state index in [4.69, 9.17) is 16.3 Å². The van der Waals surface area contributed by atoms with E-state index in [9.17, 15) is 0 Å². The van der Waals surface area contributed by atoms with Crippen molar-refractivity contribution >= 4 is 11.6 Å². The first-order valence-electron chi connectivity index (χ1n) is 7.65. The average molecular weight is 279 g/mol. The van der Waals surface area contributed by atoms with Crippen LogP contribution in [0.15, 0.2) is 18.2 Å². The molecule has 104 valence electrons. The Bertz CT molecular complexity index is 449. The molecule has 1 nitrogen and oxygen atoms in total. The average Bonchev–Trinajstić information content (AvgIpc) is 2.96. The second kappa shape index (κ2) is 5.36. The molecule has 0 N–H and O–H groups in total. The molecule has 19 heavy (non-hydrogen) atoms. The molecular formula is C17H23ClO. The van der Waals surface area contributed by atoms with E-state index < -0.39 is 0 Å². The van der Waals surface area contributed by atoms with Gasteiger partial charge in [0.1, 0.15) is 5.75 Å². The maximum Gasteiger partial charge on any atom is 0.122 e. The molecule has 2 heteroatoms. The highest BCUT2D eigenvalue weighted by Crippen LogP contribution is 2.53. The maximum atomic E-state index is 6.87. The summed E-state index contributed by atoms with van der Waals surface area (Å²) in [6, 6.07) is 6.59. The van der Waals surface area contributed by atoms with E-state index in [1.807, 2.05) is 0 Å². The van der Waals surface area contributed by atoms with Crippen LogP contribution >= 0.6 is 11.6 Å². The quantitative estimate of drug-likeness (QED) is 0.685. The Morgan fingerprint density at radius 2 is 2.05 bits per heavy atom. The van der Waals surface area contributed by atoms with Crippen LogP contribution in [-0.4, -0.2) is 6.61 Å². The molecule has 0 spiro atoms. The van der Waals surface area contributed by atoms with Gasteiger partial charge in [0.05, 0.1) is 12.0 Å². The molecule has 3 rings (SSSR count). The predicted molar refractivity (Wildman–Crippen MR) is 80.0 cm³/mol. The first-order valence-corrected chi connectivity index (χ1v) is 8.08. The Morgan fingerprint density at radius 3 is 2.79 bits per heavy atom. The monoisotopic (exact) mass is 278 g/mol. The summed E-state index contributed by atoms with van der Waals surface area (Å²) in [5, 5.41) is 0.159. The first-order chi connectivity index (χ1) is 9.25. The van der Waals surface area contributed by atoms with Crippen LogP contribution in [-0.2, 0) is 6.42 Å². The lowest BCUT2D eigenvalue weighted by molar-refractivity contribution is 0.269. The summed E-state index contributed by atoms with van der Waals surface area (Å²) < 4.78 is 5.69. The van der Waals surface area contributed by atoms with E-state index in [2.05, 4.69) is 25.1 Å². The molecule has 0 amide bonds. The van der Waals surface area contributed by atoms with Crippen molar-refractivity contribution in [1.29, 1.82) is 0 Å². The van der Waals surface area contributed by atoms with Crippen molar-refractivity contribution < 1.29 is 4.74 Å². The highest BCUT2D eigenvalue weighted by molar-refractivity contribution is 6.21. The van der Waals surface area contributed by atoms with Crippen molar-refractivity contribution in [2.75, 3.05) is 6.61 Å². The molecule has 0 aromatic heterocycles. The third-order valence-corrected chi connectivity index (χ3v) is 5.78. The van der Waals surface area contributed by atoms with Gasteiger partial charge in [-0.05, 0) is 54.7 Å². The third kappa shape index (κ3) is 2.38. The van der Waals surface area contributed by atoms with Crippen molar-refractivity contribution in [2.24, 2.45) is 5.41 Å². The number of hydrogen-bond acceptors (Lipinski definition) is 1. The van der Waals surface area contributed by atoms with Crippen LogP contribution in [0.1, 0.15) is 62.0 Å². The third-order valence-electron chi connectivity index (χ3n) is 5.07. The van der Waals surface area contributed by atoms with Gasteiger partial charge in [0.2, 0.25) is 0 Å². The number of hydrogen-bond donors (Lipinski definition) is 0. The molecule has 0 radical (unpaired) electrons. The molecule has 1 saturated carbocycles. The number of alkyl halides is 1. The standard InChI is InChI=1S/C17H23ClO/c1-2-17(9-3-4-10-17)16(18)14-7-8-15-13(12-14)6-5-11-19-15/h7-8,12,16H,2-6,9-11H2,1H3. The number of fused-ring (bicyclic) bond motifs is 1. The normalized spacial score (nSPS) is 22.6. The summed E-state index contributed by atoms with van der Waals surface area (Å²) in [7, 11) is 0. The van der Waals surface area contributed by atoms with Gasteiger partial charge >= 0.3 is 0 Å². The zero-order valence-corrected chi connectivity index (χ0v) is 12.5. The van der Waals surface area contributed by atoms with Gasteiger partial charge in [0, 0.05) is 0 Å². The lowest BCUT2D eigenvalue weighted by Gasteiger charge is -2.33. The number of rotatable bonds is 3. The largest absolute Gasteiger partial charge is 0.493 e. The van der Waals surface area contributed by atoms with Gasteiger partial charge in [0.25, 0.3) is 0 Å². The zero-order chi connectivity index (χ0) is 13.3. The summed E-state index contributed by atoms with van der Waals surface area (Å²) in [6.07, 6.45) is 8.69. The summed E-state index contributed by atoms with van der Waals surface area (Å²) >= 11 is 6.87. The highest BCUT2D eigenvalue weighted by Gasteiger charge is 2.39. The zero-order valence-electron chi connectivity index (χ0n) is 11.8. The van der Waals surface area contributed by atoms with Crippen LogP contribution in [0.5, 0.6) is 5.75 Å². The Hall–Kier alpha value is -0.690. The van der Waals surface area contributed by atoms with Crippen molar-refractivity contribution in [3.05, 3.63) is 29.3 Å². The van der Waals surface area contributed by atoms with E-state index >= 15 is 0 Å². The molecule has 1 aromatic carbocycles. The fourth-order valence-corrected chi connectivity index (χ4v) is 4.27. The van der Waals surface area contributed by atoms with Gasteiger partial charge in [-0.1, -0.05) is 31.9 Å². The highest BCUT2D eigenvalue weighted by atomic mass is 35.5. The lowest BCUT2D eigenvalue weighted by atomic mass is 9.77.